The van der Waals surface area contributed by atoms with Gasteiger partial charge in [-0.2, -0.15) is 0 Å². The molecule has 2 N–H and O–H groups in total. The summed E-state index contributed by atoms with van der Waals surface area (Å²) in [6, 6.07) is 7.36. The largest absolute Gasteiger partial charge is 0.494 e. The van der Waals surface area contributed by atoms with Crippen LogP contribution in [0.5, 0.6) is 11.5 Å². The van der Waals surface area contributed by atoms with E-state index in [1.165, 1.54) is 0 Å². The summed E-state index contributed by atoms with van der Waals surface area (Å²) in [6.07, 6.45) is 0.380. The maximum Gasteiger partial charge on any atom is 0.325 e. The highest BCUT2D eigenvalue weighted by Gasteiger charge is 2.29. The molecular formula is C15H23NO4. The quantitative estimate of drug-likeness (QED) is 0.739. The Morgan fingerprint density at radius 1 is 1.20 bits per heavy atom. The van der Waals surface area contributed by atoms with Gasteiger partial charge in [0.2, 0.25) is 0 Å². The summed E-state index contributed by atoms with van der Waals surface area (Å²) in [5.74, 6) is 1.04. The molecule has 0 heterocycles. The van der Waals surface area contributed by atoms with Gasteiger partial charge < -0.3 is 19.9 Å². The van der Waals surface area contributed by atoms with E-state index in [2.05, 4.69) is 0 Å². The first-order valence-corrected chi connectivity index (χ1v) is 6.81. The average molecular weight is 281 g/mol. The van der Waals surface area contributed by atoms with Crippen LogP contribution in [-0.2, 0) is 9.53 Å². The van der Waals surface area contributed by atoms with Crippen molar-refractivity contribution in [1.82, 2.24) is 0 Å². The highest BCUT2D eigenvalue weighted by molar-refractivity contribution is 5.79. The number of rotatable bonds is 8. The number of benzene rings is 1. The minimum absolute atomic E-state index is 0.322. The third kappa shape index (κ3) is 5.09. The maximum atomic E-state index is 11.6. The van der Waals surface area contributed by atoms with E-state index >= 15 is 0 Å². The summed E-state index contributed by atoms with van der Waals surface area (Å²) in [5.41, 5.74) is 4.87. The fourth-order valence-corrected chi connectivity index (χ4v) is 1.60. The van der Waals surface area contributed by atoms with E-state index in [1.54, 1.807) is 13.8 Å². The Morgan fingerprint density at radius 3 is 2.45 bits per heavy atom. The minimum Gasteiger partial charge on any atom is -0.494 e. The fourth-order valence-electron chi connectivity index (χ4n) is 1.60. The summed E-state index contributed by atoms with van der Waals surface area (Å²) in [7, 11) is 0. The smallest absolute Gasteiger partial charge is 0.325 e. The van der Waals surface area contributed by atoms with E-state index in [-0.39, 0.29) is 0 Å². The minimum atomic E-state index is -1.03. The zero-order chi connectivity index (χ0) is 15.0. The van der Waals surface area contributed by atoms with Gasteiger partial charge >= 0.3 is 5.97 Å². The van der Waals surface area contributed by atoms with Crippen molar-refractivity contribution in [2.45, 2.75) is 32.7 Å². The lowest BCUT2D eigenvalue weighted by atomic mass is 10.0. The third-order valence-corrected chi connectivity index (χ3v) is 2.75. The first kappa shape index (κ1) is 16.3. The van der Waals surface area contributed by atoms with Crippen LogP contribution in [0.15, 0.2) is 24.3 Å². The molecule has 0 bridgehead atoms. The van der Waals surface area contributed by atoms with Gasteiger partial charge in [-0.3, -0.25) is 4.79 Å². The Labute approximate surface area is 120 Å². The number of ether oxygens (including phenoxy) is 3. The maximum absolute atomic E-state index is 11.6. The molecule has 0 aliphatic rings. The summed E-state index contributed by atoms with van der Waals surface area (Å²) < 4.78 is 15.9. The van der Waals surface area contributed by atoms with Crippen molar-refractivity contribution in [3.8, 4) is 11.5 Å². The van der Waals surface area contributed by atoms with E-state index in [4.69, 9.17) is 19.9 Å². The number of hydrogen-bond acceptors (Lipinski definition) is 5. The molecule has 0 spiro atoms. The molecular weight excluding hydrogens is 258 g/mol. The van der Waals surface area contributed by atoms with Crippen LogP contribution in [-0.4, -0.2) is 31.3 Å². The lowest BCUT2D eigenvalue weighted by Crippen LogP contribution is -2.47. The first-order valence-electron chi connectivity index (χ1n) is 6.81. The van der Waals surface area contributed by atoms with Gasteiger partial charge in [0.05, 0.1) is 19.8 Å². The van der Waals surface area contributed by atoms with Gasteiger partial charge in [0, 0.05) is 12.5 Å². The molecule has 0 aromatic heterocycles. The second kappa shape index (κ2) is 7.75. The Balaban J connectivity index is 2.47. The number of nitrogens with two attached hydrogens (primary N) is 1. The zero-order valence-electron chi connectivity index (χ0n) is 12.3. The molecule has 20 heavy (non-hydrogen) atoms. The van der Waals surface area contributed by atoms with E-state index in [9.17, 15) is 4.79 Å². The van der Waals surface area contributed by atoms with Crippen LogP contribution in [0.3, 0.4) is 0 Å². The molecule has 0 aliphatic heterocycles. The molecule has 1 atom stereocenters. The Morgan fingerprint density at radius 2 is 1.85 bits per heavy atom. The Kier molecular flexibility index (Phi) is 6.31. The third-order valence-electron chi connectivity index (χ3n) is 2.75. The summed E-state index contributed by atoms with van der Waals surface area (Å²) in [4.78, 5) is 11.6. The number of esters is 1. The van der Waals surface area contributed by atoms with Gasteiger partial charge in [0.1, 0.15) is 17.0 Å². The van der Waals surface area contributed by atoms with E-state index in [0.717, 1.165) is 5.75 Å². The average Bonchev–Trinajstić information content (AvgIpc) is 2.39. The van der Waals surface area contributed by atoms with Crippen LogP contribution in [0.1, 0.15) is 27.2 Å². The summed E-state index contributed by atoms with van der Waals surface area (Å²) >= 11 is 0. The van der Waals surface area contributed by atoms with Crippen molar-refractivity contribution >= 4 is 5.97 Å². The topological polar surface area (TPSA) is 70.8 Å². The van der Waals surface area contributed by atoms with Crippen LogP contribution in [0.2, 0.25) is 0 Å². The fraction of sp³-hybridized carbons (Fsp3) is 0.533. The molecule has 0 amide bonds. The lowest BCUT2D eigenvalue weighted by molar-refractivity contribution is -0.149. The van der Waals surface area contributed by atoms with Gasteiger partial charge in [-0.25, -0.2) is 0 Å². The van der Waals surface area contributed by atoms with E-state index < -0.39 is 11.5 Å². The van der Waals surface area contributed by atoms with Crippen molar-refractivity contribution in [2.75, 3.05) is 19.8 Å². The van der Waals surface area contributed by atoms with Gasteiger partial charge in [0.25, 0.3) is 0 Å². The van der Waals surface area contributed by atoms with Crippen molar-refractivity contribution in [2.24, 2.45) is 5.73 Å². The van der Waals surface area contributed by atoms with Crippen molar-refractivity contribution in [1.29, 1.82) is 0 Å². The Bertz CT molecular complexity index is 432. The van der Waals surface area contributed by atoms with Gasteiger partial charge in [0.15, 0.2) is 0 Å². The molecule has 1 unspecified atom stereocenters. The normalized spacial score (nSPS) is 13.4. The SMILES string of the molecule is CCOC(=O)C(C)(N)CCOc1cccc(OCC)c1. The monoisotopic (exact) mass is 281 g/mol. The molecule has 0 fully saturated rings. The lowest BCUT2D eigenvalue weighted by Gasteiger charge is -2.22. The van der Waals surface area contributed by atoms with Crippen molar-refractivity contribution in [3.63, 3.8) is 0 Å². The van der Waals surface area contributed by atoms with Crippen LogP contribution >= 0.6 is 0 Å². The summed E-state index contributed by atoms with van der Waals surface area (Å²) in [6.45, 7) is 6.58. The second-order valence-corrected chi connectivity index (χ2v) is 4.64. The predicted molar refractivity (Wildman–Crippen MR) is 76.9 cm³/mol. The van der Waals surface area contributed by atoms with Gasteiger partial charge in [-0.05, 0) is 32.9 Å². The standard InChI is InChI=1S/C15H23NO4/c1-4-18-12-7-6-8-13(11-12)20-10-9-15(3,16)14(17)19-5-2/h6-8,11H,4-5,9-10,16H2,1-3H3. The molecule has 5 nitrogen and oxygen atoms in total. The molecule has 112 valence electrons. The molecule has 0 saturated heterocycles. The van der Waals surface area contributed by atoms with Crippen LogP contribution in [0.4, 0.5) is 0 Å². The molecule has 0 aliphatic carbocycles. The number of carbonyl (C=O) groups excluding carboxylic acids is 1. The second-order valence-electron chi connectivity index (χ2n) is 4.64. The number of hydrogen-bond donors (Lipinski definition) is 1. The van der Waals surface area contributed by atoms with Gasteiger partial charge in [-0.15, -0.1) is 0 Å². The van der Waals surface area contributed by atoms with E-state index in [1.807, 2.05) is 31.2 Å². The molecule has 1 aromatic carbocycles. The molecule has 1 rings (SSSR count). The highest BCUT2D eigenvalue weighted by Crippen LogP contribution is 2.20. The molecule has 0 radical (unpaired) electrons. The molecule has 0 saturated carbocycles. The van der Waals surface area contributed by atoms with Gasteiger partial charge in [-0.1, -0.05) is 6.07 Å². The Hall–Kier alpha value is -1.75. The van der Waals surface area contributed by atoms with Crippen LogP contribution < -0.4 is 15.2 Å². The van der Waals surface area contributed by atoms with Crippen LogP contribution in [0, 0.1) is 0 Å². The molecule has 5 heteroatoms. The zero-order valence-corrected chi connectivity index (χ0v) is 12.3. The predicted octanol–water partition coefficient (Wildman–Crippen LogP) is 2.13. The van der Waals surface area contributed by atoms with E-state index in [0.29, 0.717) is 32.0 Å². The van der Waals surface area contributed by atoms with Crippen molar-refractivity contribution in [3.05, 3.63) is 24.3 Å². The van der Waals surface area contributed by atoms with Crippen molar-refractivity contribution < 1.29 is 19.0 Å². The van der Waals surface area contributed by atoms with Crippen LogP contribution in [0.25, 0.3) is 0 Å². The number of carbonyl (C=O) groups is 1. The first-order chi connectivity index (χ1) is 9.49. The summed E-state index contributed by atoms with van der Waals surface area (Å²) in [5, 5.41) is 0. The highest BCUT2D eigenvalue weighted by atomic mass is 16.5. The molecule has 1 aromatic rings.